The molecule has 12 heavy (non-hydrogen) atoms. The molecule has 6 nitrogen and oxygen atoms in total. The lowest BCUT2D eigenvalue weighted by atomic mass is 10.2. The van der Waals surface area contributed by atoms with Gasteiger partial charge in [0.1, 0.15) is 6.20 Å². The van der Waals surface area contributed by atoms with Crippen LogP contribution >= 0.6 is 0 Å². The van der Waals surface area contributed by atoms with Gasteiger partial charge in [-0.05, 0) is 16.0 Å². The largest absolute Gasteiger partial charge is 0.500 e. The van der Waals surface area contributed by atoms with Crippen molar-refractivity contribution in [3.8, 4) is 5.75 Å². The third-order valence-electron chi connectivity index (χ3n) is 1.24. The van der Waals surface area contributed by atoms with Crippen LogP contribution in [0.15, 0.2) is 12.3 Å². The van der Waals surface area contributed by atoms with E-state index in [0.29, 0.717) is 6.29 Å². The molecule has 0 fully saturated rings. The predicted molar refractivity (Wildman–Crippen MR) is 37.9 cm³/mol. The SMILES string of the molecule is O=Cc1ccnc([N+](=O)[O-])c1O. The first-order chi connectivity index (χ1) is 5.66. The Kier molecular flexibility index (Phi) is 2.00. The third kappa shape index (κ3) is 1.22. The van der Waals surface area contributed by atoms with Gasteiger partial charge >= 0.3 is 5.82 Å². The van der Waals surface area contributed by atoms with Gasteiger partial charge in [0.25, 0.3) is 0 Å². The lowest BCUT2D eigenvalue weighted by molar-refractivity contribution is -0.390. The van der Waals surface area contributed by atoms with E-state index in [1.165, 1.54) is 6.07 Å². The van der Waals surface area contributed by atoms with Gasteiger partial charge in [-0.15, -0.1) is 0 Å². The fourth-order valence-corrected chi connectivity index (χ4v) is 0.686. The smallest absolute Gasteiger partial charge is 0.406 e. The molecule has 0 aromatic carbocycles. The first-order valence-corrected chi connectivity index (χ1v) is 2.94. The van der Waals surface area contributed by atoms with E-state index in [1.54, 1.807) is 0 Å². The minimum Gasteiger partial charge on any atom is -0.500 e. The Bertz CT molecular complexity index is 336. The zero-order valence-electron chi connectivity index (χ0n) is 5.80. The van der Waals surface area contributed by atoms with E-state index in [2.05, 4.69) is 4.98 Å². The van der Waals surface area contributed by atoms with Crippen LogP contribution in [0.5, 0.6) is 5.75 Å². The van der Waals surface area contributed by atoms with Crippen molar-refractivity contribution in [3.05, 3.63) is 27.9 Å². The van der Waals surface area contributed by atoms with Crippen LogP contribution in [-0.4, -0.2) is 21.3 Å². The molecule has 1 aromatic heterocycles. The predicted octanol–water partition coefficient (Wildman–Crippen LogP) is 0.508. The molecule has 0 bridgehead atoms. The van der Waals surface area contributed by atoms with Gasteiger partial charge in [0.05, 0.1) is 5.56 Å². The molecule has 0 amide bonds. The number of nitrogens with zero attached hydrogens (tertiary/aromatic N) is 2. The second-order valence-electron chi connectivity index (χ2n) is 1.95. The van der Waals surface area contributed by atoms with E-state index in [0.717, 1.165) is 6.20 Å². The number of carbonyl (C=O) groups excluding carboxylic acids is 1. The molecule has 0 radical (unpaired) electrons. The minimum absolute atomic E-state index is 0.142. The maximum atomic E-state index is 10.2. The summed E-state index contributed by atoms with van der Waals surface area (Å²) in [6, 6.07) is 1.19. The minimum atomic E-state index is -0.859. The van der Waals surface area contributed by atoms with Crippen molar-refractivity contribution in [1.29, 1.82) is 0 Å². The summed E-state index contributed by atoms with van der Waals surface area (Å²) >= 11 is 0. The van der Waals surface area contributed by atoms with Crippen molar-refractivity contribution in [1.82, 2.24) is 4.98 Å². The molecule has 1 heterocycles. The Labute approximate surface area is 66.6 Å². The maximum Gasteiger partial charge on any atom is 0.406 e. The second-order valence-corrected chi connectivity index (χ2v) is 1.95. The summed E-state index contributed by atoms with van der Waals surface area (Å²) in [6.07, 6.45) is 1.41. The highest BCUT2D eigenvalue weighted by molar-refractivity contribution is 5.80. The molecule has 0 saturated carbocycles. The fraction of sp³-hybridized carbons (Fsp3) is 0. The standard InChI is InChI=1S/C6H4N2O4/c9-3-4-1-2-7-6(5(4)10)8(11)12/h1-3,10H. The van der Waals surface area contributed by atoms with E-state index in [4.69, 9.17) is 5.11 Å². The number of hydrogen-bond acceptors (Lipinski definition) is 5. The van der Waals surface area contributed by atoms with Gasteiger partial charge < -0.3 is 15.2 Å². The van der Waals surface area contributed by atoms with Crippen molar-refractivity contribution < 1.29 is 14.8 Å². The Morgan fingerprint density at radius 1 is 1.67 bits per heavy atom. The Morgan fingerprint density at radius 3 is 2.83 bits per heavy atom. The maximum absolute atomic E-state index is 10.2. The van der Waals surface area contributed by atoms with Crippen LogP contribution in [0.4, 0.5) is 5.82 Å². The number of aromatic nitrogens is 1. The zero-order chi connectivity index (χ0) is 9.14. The highest BCUT2D eigenvalue weighted by Crippen LogP contribution is 2.24. The molecule has 62 valence electrons. The highest BCUT2D eigenvalue weighted by atomic mass is 16.6. The summed E-state index contributed by atoms with van der Waals surface area (Å²) in [6.45, 7) is 0. The number of nitro groups is 1. The van der Waals surface area contributed by atoms with Crippen molar-refractivity contribution >= 4 is 12.1 Å². The van der Waals surface area contributed by atoms with Gasteiger partial charge in [-0.25, -0.2) is 0 Å². The zero-order valence-corrected chi connectivity index (χ0v) is 5.80. The normalized spacial score (nSPS) is 9.33. The topological polar surface area (TPSA) is 93.3 Å². The molecule has 0 atom stereocenters. The molecule has 0 saturated heterocycles. The average Bonchev–Trinajstić information content (AvgIpc) is 2.04. The van der Waals surface area contributed by atoms with Gasteiger partial charge in [0, 0.05) is 0 Å². The third-order valence-corrected chi connectivity index (χ3v) is 1.24. The van der Waals surface area contributed by atoms with Gasteiger partial charge in [0.2, 0.25) is 5.75 Å². The first-order valence-electron chi connectivity index (χ1n) is 2.94. The molecular weight excluding hydrogens is 164 g/mol. The summed E-state index contributed by atoms with van der Waals surface area (Å²) in [4.78, 5) is 22.8. The van der Waals surface area contributed by atoms with E-state index in [9.17, 15) is 14.9 Å². The lowest BCUT2D eigenvalue weighted by Gasteiger charge is -1.95. The molecule has 0 aliphatic heterocycles. The summed E-state index contributed by atoms with van der Waals surface area (Å²) in [5.41, 5.74) is -0.142. The number of rotatable bonds is 2. The van der Waals surface area contributed by atoms with Crippen LogP contribution in [0, 0.1) is 10.1 Å². The molecule has 1 N–H and O–H groups in total. The monoisotopic (exact) mass is 168 g/mol. The molecule has 0 aliphatic carbocycles. The Morgan fingerprint density at radius 2 is 2.33 bits per heavy atom. The number of hydrogen-bond donors (Lipinski definition) is 1. The summed E-state index contributed by atoms with van der Waals surface area (Å²) < 4.78 is 0. The molecule has 1 aromatic rings. The summed E-state index contributed by atoms with van der Waals surface area (Å²) in [5, 5.41) is 19.2. The van der Waals surface area contributed by atoms with E-state index in [1.807, 2.05) is 0 Å². The summed E-state index contributed by atoms with van der Waals surface area (Å²) in [5.74, 6) is -1.41. The van der Waals surface area contributed by atoms with Crippen molar-refractivity contribution in [2.75, 3.05) is 0 Å². The number of carbonyl (C=O) groups is 1. The van der Waals surface area contributed by atoms with Crippen LogP contribution in [0.3, 0.4) is 0 Å². The van der Waals surface area contributed by atoms with E-state index < -0.39 is 16.5 Å². The van der Waals surface area contributed by atoms with Crippen LogP contribution in [0.25, 0.3) is 0 Å². The first kappa shape index (κ1) is 8.12. The quantitative estimate of drug-likeness (QED) is 0.394. The van der Waals surface area contributed by atoms with Crippen molar-refractivity contribution in [2.24, 2.45) is 0 Å². The van der Waals surface area contributed by atoms with Crippen LogP contribution in [0.1, 0.15) is 10.4 Å². The number of pyridine rings is 1. The number of aromatic hydroxyl groups is 1. The highest BCUT2D eigenvalue weighted by Gasteiger charge is 2.17. The molecule has 0 aliphatic rings. The van der Waals surface area contributed by atoms with Gasteiger partial charge in [0.15, 0.2) is 6.29 Å². The molecule has 1 rings (SSSR count). The van der Waals surface area contributed by atoms with E-state index in [-0.39, 0.29) is 5.56 Å². The van der Waals surface area contributed by atoms with Gasteiger partial charge in [-0.1, -0.05) is 0 Å². The van der Waals surface area contributed by atoms with Crippen molar-refractivity contribution in [3.63, 3.8) is 0 Å². The van der Waals surface area contributed by atoms with Gasteiger partial charge in [-0.3, -0.25) is 4.79 Å². The second kappa shape index (κ2) is 2.95. The summed E-state index contributed by atoms with van der Waals surface area (Å²) in [7, 11) is 0. The Hall–Kier alpha value is -1.98. The van der Waals surface area contributed by atoms with E-state index >= 15 is 0 Å². The molecule has 6 heteroatoms. The molecule has 0 unspecified atom stereocenters. The van der Waals surface area contributed by atoms with Crippen LogP contribution < -0.4 is 0 Å². The Balaban J connectivity index is 3.32. The van der Waals surface area contributed by atoms with Gasteiger partial charge in [-0.2, -0.15) is 0 Å². The average molecular weight is 168 g/mol. The molecular formula is C6H4N2O4. The van der Waals surface area contributed by atoms with Crippen LogP contribution in [-0.2, 0) is 0 Å². The lowest BCUT2D eigenvalue weighted by Crippen LogP contribution is -1.94. The molecule has 0 spiro atoms. The van der Waals surface area contributed by atoms with Crippen LogP contribution in [0.2, 0.25) is 0 Å². The fourth-order valence-electron chi connectivity index (χ4n) is 0.686. The number of aldehydes is 1. The van der Waals surface area contributed by atoms with Crippen molar-refractivity contribution in [2.45, 2.75) is 0 Å².